The second-order valence-corrected chi connectivity index (χ2v) is 7.76. The van der Waals surface area contributed by atoms with Crippen molar-refractivity contribution < 1.29 is 13.2 Å². The third-order valence-electron chi connectivity index (χ3n) is 4.15. The van der Waals surface area contributed by atoms with Gasteiger partial charge in [-0.15, -0.1) is 0 Å². The van der Waals surface area contributed by atoms with Crippen molar-refractivity contribution in [2.24, 2.45) is 0 Å². The average molecular weight is 343 g/mol. The molecule has 10 heteroatoms. The molecule has 3 rings (SSSR count). The number of nitrogens with zero attached hydrogens (tertiary/aromatic N) is 4. The zero-order valence-electron chi connectivity index (χ0n) is 13.2. The number of rotatable bonds is 2. The Morgan fingerprint density at radius 1 is 1.35 bits per heavy atom. The van der Waals surface area contributed by atoms with Gasteiger partial charge in [0.1, 0.15) is 11.6 Å². The number of aromatic nitrogens is 2. The molecule has 2 saturated heterocycles. The predicted molar refractivity (Wildman–Crippen MR) is 86.0 cm³/mol. The van der Waals surface area contributed by atoms with Crippen molar-refractivity contribution in [2.75, 3.05) is 49.1 Å². The van der Waals surface area contributed by atoms with Gasteiger partial charge >= 0.3 is 15.9 Å². The maximum Gasteiger partial charge on any atom is 0.348 e. The van der Waals surface area contributed by atoms with E-state index in [2.05, 4.69) is 9.97 Å². The summed E-state index contributed by atoms with van der Waals surface area (Å²) in [5, 5.41) is 0. The van der Waals surface area contributed by atoms with Crippen LogP contribution in [0.3, 0.4) is 0 Å². The summed E-state index contributed by atoms with van der Waals surface area (Å²) in [6, 6.07) is 1.70. The normalized spacial score (nSPS) is 25.6. The van der Waals surface area contributed by atoms with Crippen LogP contribution in [0.4, 0.5) is 11.6 Å². The summed E-state index contributed by atoms with van der Waals surface area (Å²) in [6.45, 7) is 4.51. The molecule has 9 nitrogen and oxygen atoms in total. The Morgan fingerprint density at radius 2 is 2.13 bits per heavy atom. The molecular formula is C13H21N5O4S. The van der Waals surface area contributed by atoms with Gasteiger partial charge in [0.15, 0.2) is 0 Å². The van der Waals surface area contributed by atoms with Crippen molar-refractivity contribution in [1.82, 2.24) is 14.3 Å². The first-order valence-corrected chi connectivity index (χ1v) is 8.99. The van der Waals surface area contributed by atoms with Crippen molar-refractivity contribution in [3.8, 4) is 0 Å². The molecule has 3 heterocycles. The van der Waals surface area contributed by atoms with E-state index in [9.17, 15) is 13.2 Å². The fraction of sp³-hybridized carbons (Fsp3) is 0.692. The molecule has 1 aromatic heterocycles. The Balaban J connectivity index is 1.99. The van der Waals surface area contributed by atoms with Crippen LogP contribution in [0.15, 0.2) is 10.9 Å². The molecule has 23 heavy (non-hydrogen) atoms. The van der Waals surface area contributed by atoms with Crippen molar-refractivity contribution in [1.29, 1.82) is 0 Å². The molecule has 0 saturated carbocycles. The van der Waals surface area contributed by atoms with Gasteiger partial charge < -0.3 is 9.64 Å². The molecule has 0 aliphatic carbocycles. The van der Waals surface area contributed by atoms with E-state index in [-0.39, 0.29) is 11.9 Å². The number of ether oxygens (including phenoxy) is 1. The van der Waals surface area contributed by atoms with E-state index in [0.29, 0.717) is 45.1 Å². The van der Waals surface area contributed by atoms with Gasteiger partial charge in [0.2, 0.25) is 0 Å². The maximum atomic E-state index is 12.5. The van der Waals surface area contributed by atoms with E-state index in [0.717, 1.165) is 0 Å². The lowest BCUT2D eigenvalue weighted by atomic mass is 10.2. The highest BCUT2D eigenvalue weighted by molar-refractivity contribution is 7.90. The van der Waals surface area contributed by atoms with Gasteiger partial charge in [-0.1, -0.05) is 0 Å². The lowest BCUT2D eigenvalue weighted by Gasteiger charge is -2.36. The van der Waals surface area contributed by atoms with Crippen LogP contribution < -0.4 is 14.9 Å². The number of hydrogen-bond acceptors (Lipinski definition) is 6. The van der Waals surface area contributed by atoms with E-state index < -0.39 is 15.9 Å². The third kappa shape index (κ3) is 3.06. The van der Waals surface area contributed by atoms with Crippen molar-refractivity contribution in [3.05, 3.63) is 16.6 Å². The molecule has 2 aliphatic rings. The molecule has 1 aromatic rings. The SMILES string of the molecule is C[C@@H]1COCCN1c1cc(N2CCCN(C)S2(=O)=O)[nH]c(=O)n1. The van der Waals surface area contributed by atoms with Crippen LogP contribution in [-0.2, 0) is 14.9 Å². The van der Waals surface area contributed by atoms with Crippen LogP contribution in [0.5, 0.6) is 0 Å². The molecule has 0 bridgehead atoms. The van der Waals surface area contributed by atoms with Gasteiger partial charge in [-0.05, 0) is 13.3 Å². The first-order chi connectivity index (χ1) is 10.9. The molecular weight excluding hydrogens is 322 g/mol. The summed E-state index contributed by atoms with van der Waals surface area (Å²) < 4.78 is 32.8. The first-order valence-electron chi connectivity index (χ1n) is 7.59. The number of hydrogen-bond donors (Lipinski definition) is 1. The lowest BCUT2D eigenvalue weighted by molar-refractivity contribution is 0.0985. The third-order valence-corrected chi connectivity index (χ3v) is 6.06. The minimum Gasteiger partial charge on any atom is -0.377 e. The molecule has 0 aromatic carbocycles. The standard InChI is InChI=1S/C13H21N5O4S/c1-10-9-22-7-6-17(10)11-8-12(15-13(19)14-11)18-5-3-4-16(2)23(18,20)21/h8,10H,3-7,9H2,1-2H3,(H,14,15,19)/t10-/m1/s1. The van der Waals surface area contributed by atoms with Crippen LogP contribution in [0.1, 0.15) is 13.3 Å². The molecule has 0 radical (unpaired) electrons. The quantitative estimate of drug-likeness (QED) is 0.768. The Morgan fingerprint density at radius 3 is 2.87 bits per heavy atom. The fourth-order valence-corrected chi connectivity index (χ4v) is 4.26. The number of morpholine rings is 1. The van der Waals surface area contributed by atoms with Crippen LogP contribution in [0, 0.1) is 0 Å². The maximum absolute atomic E-state index is 12.5. The lowest BCUT2D eigenvalue weighted by Crippen LogP contribution is -2.49. The summed E-state index contributed by atoms with van der Waals surface area (Å²) >= 11 is 0. The van der Waals surface area contributed by atoms with Gasteiger partial charge in [-0.25, -0.2) is 9.10 Å². The molecule has 1 atom stereocenters. The van der Waals surface area contributed by atoms with Crippen molar-refractivity contribution >= 4 is 21.8 Å². The van der Waals surface area contributed by atoms with E-state index in [1.807, 2.05) is 11.8 Å². The minimum atomic E-state index is -3.61. The molecule has 0 unspecified atom stereocenters. The average Bonchev–Trinajstić information content (AvgIpc) is 2.49. The monoisotopic (exact) mass is 343 g/mol. The van der Waals surface area contributed by atoms with Gasteiger partial charge in [-0.2, -0.15) is 17.7 Å². The Labute approximate surface area is 135 Å². The molecule has 128 valence electrons. The van der Waals surface area contributed by atoms with Gasteiger partial charge in [-0.3, -0.25) is 4.98 Å². The highest BCUT2D eigenvalue weighted by Crippen LogP contribution is 2.25. The molecule has 1 N–H and O–H groups in total. The molecule has 0 spiro atoms. The summed E-state index contributed by atoms with van der Waals surface area (Å²) in [4.78, 5) is 20.4. The van der Waals surface area contributed by atoms with E-state index in [1.165, 1.54) is 15.7 Å². The van der Waals surface area contributed by atoms with Crippen LogP contribution in [0.25, 0.3) is 0 Å². The van der Waals surface area contributed by atoms with Crippen molar-refractivity contribution in [2.45, 2.75) is 19.4 Å². The highest BCUT2D eigenvalue weighted by Gasteiger charge is 2.32. The zero-order chi connectivity index (χ0) is 16.6. The Hall–Kier alpha value is -1.65. The fourth-order valence-electron chi connectivity index (χ4n) is 2.86. The van der Waals surface area contributed by atoms with Gasteiger partial charge in [0, 0.05) is 32.7 Å². The van der Waals surface area contributed by atoms with E-state index in [1.54, 1.807) is 6.07 Å². The smallest absolute Gasteiger partial charge is 0.348 e. The first kappa shape index (κ1) is 16.2. The second-order valence-electron chi connectivity index (χ2n) is 5.80. The van der Waals surface area contributed by atoms with Crippen LogP contribution >= 0.6 is 0 Å². The van der Waals surface area contributed by atoms with Gasteiger partial charge in [0.05, 0.1) is 19.3 Å². The summed E-state index contributed by atoms with van der Waals surface area (Å²) in [6.07, 6.45) is 0.698. The second kappa shape index (κ2) is 6.10. The molecule has 2 aliphatic heterocycles. The van der Waals surface area contributed by atoms with E-state index in [4.69, 9.17) is 4.74 Å². The summed E-state index contributed by atoms with van der Waals surface area (Å²) in [5.41, 5.74) is -0.556. The van der Waals surface area contributed by atoms with Crippen LogP contribution in [0.2, 0.25) is 0 Å². The largest absolute Gasteiger partial charge is 0.377 e. The Kier molecular flexibility index (Phi) is 4.30. The zero-order valence-corrected chi connectivity index (χ0v) is 14.0. The van der Waals surface area contributed by atoms with Gasteiger partial charge in [0.25, 0.3) is 0 Å². The van der Waals surface area contributed by atoms with E-state index >= 15 is 0 Å². The topological polar surface area (TPSA) is 98.8 Å². The van der Waals surface area contributed by atoms with Crippen LogP contribution in [-0.4, -0.2) is 68.6 Å². The molecule has 0 amide bonds. The minimum absolute atomic E-state index is 0.0755. The predicted octanol–water partition coefficient (Wildman–Crippen LogP) is -0.618. The molecule has 2 fully saturated rings. The summed E-state index contributed by atoms with van der Waals surface area (Å²) in [7, 11) is -2.07. The number of H-pyrrole nitrogens is 1. The highest BCUT2D eigenvalue weighted by atomic mass is 32.2. The van der Waals surface area contributed by atoms with Crippen molar-refractivity contribution in [3.63, 3.8) is 0 Å². The Bertz CT molecular complexity index is 734. The number of anilines is 2. The number of nitrogens with one attached hydrogen (secondary N) is 1. The summed E-state index contributed by atoms with van der Waals surface area (Å²) in [5.74, 6) is 0.730. The number of aromatic amines is 1.